The summed E-state index contributed by atoms with van der Waals surface area (Å²) in [7, 11) is 0. The van der Waals surface area contributed by atoms with Crippen molar-refractivity contribution in [3.8, 4) is 0 Å². The highest BCUT2D eigenvalue weighted by Crippen LogP contribution is 2.26. The molecule has 1 aromatic heterocycles. The number of aromatic nitrogens is 1. The molecule has 0 aliphatic heterocycles. The van der Waals surface area contributed by atoms with Crippen LogP contribution in [0.1, 0.15) is 32.1 Å². The van der Waals surface area contributed by atoms with E-state index >= 15 is 0 Å². The van der Waals surface area contributed by atoms with Gasteiger partial charge in [0.25, 0.3) is 0 Å². The van der Waals surface area contributed by atoms with Crippen LogP contribution in [-0.4, -0.2) is 37.5 Å². The van der Waals surface area contributed by atoms with Crippen LogP contribution in [0, 0.1) is 13.8 Å². The van der Waals surface area contributed by atoms with E-state index in [2.05, 4.69) is 10.3 Å². The van der Waals surface area contributed by atoms with Crippen LogP contribution in [0.5, 0.6) is 0 Å². The number of carbonyl (C=O) groups is 3. The van der Waals surface area contributed by atoms with E-state index in [0.29, 0.717) is 0 Å². The van der Waals surface area contributed by atoms with E-state index in [1.807, 2.05) is 0 Å². The van der Waals surface area contributed by atoms with E-state index in [4.69, 9.17) is 10.2 Å². The van der Waals surface area contributed by atoms with Crippen LogP contribution in [0.4, 0.5) is 5.69 Å². The summed E-state index contributed by atoms with van der Waals surface area (Å²) in [4.78, 5) is 37.7. The number of alkyl halides is 1. The van der Waals surface area contributed by atoms with Gasteiger partial charge >= 0.3 is 11.9 Å². The predicted octanol–water partition coefficient (Wildman–Crippen LogP) is 1.47. The Morgan fingerprint density at radius 2 is 1.53 bits per heavy atom. The first kappa shape index (κ1) is 15.3. The number of halogens is 1. The summed E-state index contributed by atoms with van der Waals surface area (Å²) in [5.41, 5.74) is -0.522. The minimum atomic E-state index is -1.34. The van der Waals surface area contributed by atoms with Gasteiger partial charge in [0.2, 0.25) is 5.91 Å². The molecule has 3 N–H and O–H groups in total. The average Bonchev–Trinajstić information content (AvgIpc) is 2.26. The van der Waals surface area contributed by atoms with Gasteiger partial charge in [-0.1, -0.05) is 22.6 Å². The average molecular weight is 378 g/mol. The summed E-state index contributed by atoms with van der Waals surface area (Å²) in [6, 6.07) is 0. The number of hydrogen-bond acceptors (Lipinski definition) is 4. The molecule has 1 aromatic rings. The van der Waals surface area contributed by atoms with Crippen molar-refractivity contribution < 1.29 is 24.6 Å². The third kappa shape index (κ3) is 3.19. The van der Waals surface area contributed by atoms with Gasteiger partial charge in [-0.05, 0) is 13.8 Å². The van der Waals surface area contributed by atoms with Crippen LogP contribution < -0.4 is 5.32 Å². The van der Waals surface area contributed by atoms with Gasteiger partial charge in [0.15, 0.2) is 0 Å². The lowest BCUT2D eigenvalue weighted by Gasteiger charge is -2.14. The van der Waals surface area contributed by atoms with Crippen LogP contribution in [0.3, 0.4) is 0 Å². The van der Waals surface area contributed by atoms with Crippen LogP contribution >= 0.6 is 22.6 Å². The number of aromatic carboxylic acids is 2. The van der Waals surface area contributed by atoms with E-state index in [1.165, 1.54) is 13.8 Å². The molecular formula is C11H11IN2O5. The van der Waals surface area contributed by atoms with Crippen molar-refractivity contribution in [3.63, 3.8) is 0 Å². The molecule has 0 spiro atoms. The number of nitrogens with one attached hydrogen (secondary N) is 1. The maximum Gasteiger partial charge on any atom is 0.339 e. The summed E-state index contributed by atoms with van der Waals surface area (Å²) in [6.07, 6.45) is 0. The minimum Gasteiger partial charge on any atom is -0.478 e. The molecule has 1 rings (SSSR count). The Balaban J connectivity index is 3.63. The van der Waals surface area contributed by atoms with Gasteiger partial charge in [0.05, 0.1) is 21.5 Å². The summed E-state index contributed by atoms with van der Waals surface area (Å²) in [5, 5.41) is 20.6. The number of anilines is 1. The molecule has 102 valence electrons. The standard InChI is InChI=1S/C11H11IN2O5/c1-4-7(10(16)17)9(14-6(15)3-12)8(11(18)19)5(2)13-4/h3H2,1-2H3,(H,16,17)(H,18,19)(H,13,14,15). The molecule has 0 saturated heterocycles. The van der Waals surface area contributed by atoms with Crippen molar-refractivity contribution in [1.29, 1.82) is 0 Å². The topological polar surface area (TPSA) is 117 Å². The summed E-state index contributed by atoms with van der Waals surface area (Å²) >= 11 is 1.79. The lowest BCUT2D eigenvalue weighted by molar-refractivity contribution is -0.113. The molecular weight excluding hydrogens is 367 g/mol. The fraction of sp³-hybridized carbons (Fsp3) is 0.273. The Kier molecular flexibility index (Phi) is 4.81. The van der Waals surface area contributed by atoms with Crippen molar-refractivity contribution in [2.45, 2.75) is 13.8 Å². The molecule has 19 heavy (non-hydrogen) atoms. The number of hydrogen-bond donors (Lipinski definition) is 3. The van der Waals surface area contributed by atoms with Gasteiger partial charge in [-0.3, -0.25) is 9.78 Å². The lowest BCUT2D eigenvalue weighted by Crippen LogP contribution is -2.21. The van der Waals surface area contributed by atoms with Crippen LogP contribution in [0.25, 0.3) is 0 Å². The third-order valence-electron chi connectivity index (χ3n) is 2.37. The number of aryl methyl sites for hydroxylation is 2. The molecule has 7 nitrogen and oxygen atoms in total. The zero-order chi connectivity index (χ0) is 14.7. The molecule has 1 amide bonds. The van der Waals surface area contributed by atoms with Crippen LogP contribution in [0.2, 0.25) is 0 Å². The zero-order valence-electron chi connectivity index (χ0n) is 10.2. The Morgan fingerprint density at radius 1 is 1.11 bits per heavy atom. The van der Waals surface area contributed by atoms with Crippen molar-refractivity contribution >= 4 is 46.1 Å². The van der Waals surface area contributed by atoms with E-state index in [-0.39, 0.29) is 32.6 Å². The van der Waals surface area contributed by atoms with Gasteiger partial charge in [0.1, 0.15) is 11.1 Å². The fourth-order valence-electron chi connectivity index (χ4n) is 1.67. The summed E-state index contributed by atoms with van der Waals surface area (Å²) < 4.78 is 0.0797. The normalized spacial score (nSPS) is 10.1. The predicted molar refractivity (Wildman–Crippen MR) is 75.1 cm³/mol. The largest absolute Gasteiger partial charge is 0.478 e. The van der Waals surface area contributed by atoms with Gasteiger partial charge in [-0.2, -0.15) is 0 Å². The SMILES string of the molecule is Cc1nc(C)c(C(=O)O)c(NC(=O)CI)c1C(=O)O. The van der Waals surface area contributed by atoms with Crippen LogP contribution in [0.15, 0.2) is 0 Å². The van der Waals surface area contributed by atoms with E-state index in [0.717, 1.165) is 0 Å². The molecule has 0 aliphatic rings. The monoisotopic (exact) mass is 378 g/mol. The highest BCUT2D eigenvalue weighted by Gasteiger charge is 2.25. The van der Waals surface area contributed by atoms with E-state index < -0.39 is 17.8 Å². The second-order valence-corrected chi connectivity index (χ2v) is 4.46. The van der Waals surface area contributed by atoms with Gasteiger partial charge < -0.3 is 15.5 Å². The zero-order valence-corrected chi connectivity index (χ0v) is 12.3. The minimum absolute atomic E-state index is 0.0797. The first-order valence-electron chi connectivity index (χ1n) is 5.13. The quantitative estimate of drug-likeness (QED) is 0.540. The first-order chi connectivity index (χ1) is 8.79. The maximum atomic E-state index is 11.4. The van der Waals surface area contributed by atoms with E-state index in [1.54, 1.807) is 22.6 Å². The smallest absolute Gasteiger partial charge is 0.339 e. The molecule has 0 fully saturated rings. The second-order valence-electron chi connectivity index (χ2n) is 3.70. The van der Waals surface area contributed by atoms with Crippen molar-refractivity contribution in [1.82, 2.24) is 4.98 Å². The Hall–Kier alpha value is -1.71. The number of rotatable bonds is 4. The lowest BCUT2D eigenvalue weighted by atomic mass is 10.0. The Bertz CT molecular complexity index is 532. The van der Waals surface area contributed by atoms with Gasteiger partial charge in [0, 0.05) is 0 Å². The molecule has 8 heteroatoms. The fourth-order valence-corrected chi connectivity index (χ4v) is 1.86. The second kappa shape index (κ2) is 5.95. The third-order valence-corrected chi connectivity index (χ3v) is 3.07. The molecule has 0 atom stereocenters. The van der Waals surface area contributed by atoms with Crippen molar-refractivity contribution in [3.05, 3.63) is 22.5 Å². The summed E-state index contributed by atoms with van der Waals surface area (Å²) in [5.74, 6) is -3.15. The first-order valence-corrected chi connectivity index (χ1v) is 6.65. The molecule has 0 bridgehead atoms. The van der Waals surface area contributed by atoms with Gasteiger partial charge in [-0.25, -0.2) is 9.59 Å². The van der Waals surface area contributed by atoms with E-state index in [9.17, 15) is 14.4 Å². The maximum absolute atomic E-state index is 11.4. The van der Waals surface area contributed by atoms with Gasteiger partial charge in [-0.15, -0.1) is 0 Å². The van der Waals surface area contributed by atoms with Crippen molar-refractivity contribution in [2.75, 3.05) is 9.74 Å². The molecule has 0 unspecified atom stereocenters. The molecule has 1 heterocycles. The molecule has 0 saturated carbocycles. The van der Waals surface area contributed by atoms with Crippen molar-refractivity contribution in [2.24, 2.45) is 0 Å². The molecule has 0 aromatic carbocycles. The Morgan fingerprint density at radius 3 is 1.84 bits per heavy atom. The highest BCUT2D eigenvalue weighted by molar-refractivity contribution is 14.1. The Labute approximate surface area is 122 Å². The van der Waals surface area contributed by atoms with Crippen LogP contribution in [-0.2, 0) is 4.79 Å². The number of amides is 1. The number of pyridine rings is 1. The number of carbonyl (C=O) groups excluding carboxylic acids is 1. The highest BCUT2D eigenvalue weighted by atomic mass is 127. The molecule has 0 aliphatic carbocycles. The number of nitrogens with zero attached hydrogens (tertiary/aromatic N) is 1. The summed E-state index contributed by atoms with van der Waals surface area (Å²) in [6.45, 7) is 2.89. The molecule has 0 radical (unpaired) electrons. The number of carboxylic acid groups (broad SMARTS) is 2. The number of carboxylic acids is 2.